The molecule has 0 unspecified atom stereocenters. The number of nitrogens with two attached hydrogens (primary N) is 1. The van der Waals surface area contributed by atoms with Gasteiger partial charge in [0.2, 0.25) is 5.13 Å². The summed E-state index contributed by atoms with van der Waals surface area (Å²) in [5, 5.41) is 4.74. The first kappa shape index (κ1) is 11.6. The first-order valence-electron chi connectivity index (χ1n) is 4.26. The topological polar surface area (TPSA) is 73.8 Å². The van der Waals surface area contributed by atoms with Gasteiger partial charge in [-0.05, 0) is 6.07 Å². The van der Waals surface area contributed by atoms with Crippen molar-refractivity contribution in [3.05, 3.63) is 29.0 Å². The normalized spacial score (nSPS) is 11.7. The number of alkyl halides is 3. The van der Waals surface area contributed by atoms with Gasteiger partial charge in [-0.3, -0.25) is 4.79 Å². The van der Waals surface area contributed by atoms with Crippen molar-refractivity contribution in [3.63, 3.8) is 0 Å². The van der Waals surface area contributed by atoms with Crippen molar-refractivity contribution in [1.82, 2.24) is 14.8 Å². The molecule has 9 heteroatoms. The molecule has 0 aliphatic carbocycles. The second kappa shape index (κ2) is 3.84. The van der Waals surface area contributed by atoms with Crippen LogP contribution in [0, 0.1) is 0 Å². The van der Waals surface area contributed by atoms with Gasteiger partial charge in [-0.15, -0.1) is 11.3 Å². The van der Waals surface area contributed by atoms with Crippen LogP contribution in [0.1, 0.15) is 16.2 Å². The van der Waals surface area contributed by atoms with Gasteiger partial charge in [-0.1, -0.05) is 0 Å². The van der Waals surface area contributed by atoms with E-state index in [1.165, 1.54) is 5.38 Å². The largest absolute Gasteiger partial charge is 0.433 e. The molecule has 0 atom stereocenters. The Labute approximate surface area is 96.7 Å². The molecule has 2 N–H and O–H groups in total. The van der Waals surface area contributed by atoms with E-state index in [-0.39, 0.29) is 10.8 Å². The maximum Gasteiger partial charge on any atom is 0.433 e. The lowest BCUT2D eigenvalue weighted by Crippen LogP contribution is -2.14. The third-order valence-electron chi connectivity index (χ3n) is 1.86. The first-order chi connectivity index (χ1) is 7.89. The highest BCUT2D eigenvalue weighted by atomic mass is 32.1. The zero-order valence-corrected chi connectivity index (χ0v) is 8.92. The summed E-state index contributed by atoms with van der Waals surface area (Å²) in [6.07, 6.45) is -3.52. The molecule has 0 fully saturated rings. The number of rotatable bonds is 2. The number of primary amides is 1. The van der Waals surface area contributed by atoms with E-state index >= 15 is 0 Å². The number of nitrogens with zero attached hydrogens (tertiary/aromatic N) is 3. The van der Waals surface area contributed by atoms with E-state index in [1.807, 2.05) is 0 Å². The molecule has 0 aliphatic heterocycles. The second-order valence-electron chi connectivity index (χ2n) is 3.01. The van der Waals surface area contributed by atoms with Gasteiger partial charge in [-0.2, -0.15) is 18.3 Å². The van der Waals surface area contributed by atoms with E-state index < -0.39 is 17.8 Å². The Balaban J connectivity index is 2.47. The Hall–Kier alpha value is -1.90. The number of hydrogen-bond donors (Lipinski definition) is 1. The minimum atomic E-state index is -4.53. The zero-order chi connectivity index (χ0) is 12.6. The van der Waals surface area contributed by atoms with E-state index in [1.54, 1.807) is 0 Å². The van der Waals surface area contributed by atoms with Gasteiger partial charge in [0.15, 0.2) is 5.69 Å². The first-order valence-corrected chi connectivity index (χ1v) is 5.14. The fraction of sp³-hybridized carbons (Fsp3) is 0.125. The van der Waals surface area contributed by atoms with Crippen LogP contribution in [0.3, 0.4) is 0 Å². The van der Waals surface area contributed by atoms with Crippen LogP contribution in [0.15, 0.2) is 17.6 Å². The number of carbonyl (C=O) groups excluding carboxylic acids is 1. The molecule has 0 spiro atoms. The Bertz CT molecular complexity index is 559. The van der Waals surface area contributed by atoms with Crippen molar-refractivity contribution >= 4 is 17.2 Å². The molecule has 0 aliphatic rings. The summed E-state index contributed by atoms with van der Waals surface area (Å²) >= 11 is 0.854. The van der Waals surface area contributed by atoms with E-state index in [0.29, 0.717) is 4.68 Å². The Morgan fingerprint density at radius 2 is 2.18 bits per heavy atom. The fourth-order valence-electron chi connectivity index (χ4n) is 1.15. The fourth-order valence-corrected chi connectivity index (χ4v) is 1.93. The summed E-state index contributed by atoms with van der Waals surface area (Å²) in [4.78, 5) is 14.5. The zero-order valence-electron chi connectivity index (χ0n) is 8.10. The Kier molecular flexibility index (Phi) is 2.62. The van der Waals surface area contributed by atoms with Gasteiger partial charge >= 0.3 is 6.18 Å². The van der Waals surface area contributed by atoms with Gasteiger partial charge in [0.1, 0.15) is 5.69 Å². The minimum Gasteiger partial charge on any atom is -0.364 e. The van der Waals surface area contributed by atoms with E-state index in [0.717, 1.165) is 23.6 Å². The molecule has 2 heterocycles. The summed E-state index contributed by atoms with van der Waals surface area (Å²) in [6, 6.07) is 0.825. The predicted molar refractivity (Wildman–Crippen MR) is 52.8 cm³/mol. The average molecular weight is 262 g/mol. The molecular formula is C8H5F3N4OS. The maximum atomic E-state index is 12.6. The molecule has 0 saturated carbocycles. The molecule has 0 radical (unpaired) electrons. The van der Waals surface area contributed by atoms with Gasteiger partial charge in [-0.25, -0.2) is 9.67 Å². The lowest BCUT2D eigenvalue weighted by atomic mass is 10.4. The summed E-state index contributed by atoms with van der Waals surface area (Å²) in [6.45, 7) is 0. The molecule has 0 aromatic carbocycles. The van der Waals surface area contributed by atoms with Crippen molar-refractivity contribution in [2.75, 3.05) is 0 Å². The number of amides is 1. The van der Waals surface area contributed by atoms with Crippen LogP contribution in [0.5, 0.6) is 0 Å². The quantitative estimate of drug-likeness (QED) is 0.890. The van der Waals surface area contributed by atoms with Gasteiger partial charge in [0.05, 0.1) is 6.20 Å². The van der Waals surface area contributed by atoms with Crippen molar-refractivity contribution in [3.8, 4) is 5.13 Å². The van der Waals surface area contributed by atoms with Gasteiger partial charge < -0.3 is 5.73 Å². The Morgan fingerprint density at radius 1 is 1.47 bits per heavy atom. The third-order valence-corrected chi connectivity index (χ3v) is 2.68. The number of carbonyl (C=O) groups is 1. The van der Waals surface area contributed by atoms with Crippen LogP contribution in [-0.2, 0) is 6.18 Å². The molecule has 2 rings (SSSR count). The molecule has 1 amide bonds. The summed E-state index contributed by atoms with van der Waals surface area (Å²) in [5.74, 6) is -0.798. The second-order valence-corrected chi connectivity index (χ2v) is 3.84. The van der Waals surface area contributed by atoms with Crippen molar-refractivity contribution < 1.29 is 18.0 Å². The van der Waals surface area contributed by atoms with Gasteiger partial charge in [0.25, 0.3) is 5.91 Å². The van der Waals surface area contributed by atoms with Crippen molar-refractivity contribution in [2.45, 2.75) is 6.18 Å². The van der Waals surface area contributed by atoms with Crippen molar-refractivity contribution in [2.24, 2.45) is 5.73 Å². The van der Waals surface area contributed by atoms with E-state index in [2.05, 4.69) is 10.1 Å². The van der Waals surface area contributed by atoms with Gasteiger partial charge in [0, 0.05) is 5.38 Å². The third kappa shape index (κ3) is 2.13. The maximum absolute atomic E-state index is 12.6. The lowest BCUT2D eigenvalue weighted by Gasteiger charge is -2.06. The summed E-state index contributed by atoms with van der Waals surface area (Å²) in [5.41, 5.74) is 3.91. The highest BCUT2D eigenvalue weighted by molar-refractivity contribution is 7.12. The molecular weight excluding hydrogens is 257 g/mol. The van der Waals surface area contributed by atoms with Crippen LogP contribution in [-0.4, -0.2) is 20.7 Å². The predicted octanol–water partition coefficient (Wildman–Crippen LogP) is 1.45. The smallest absolute Gasteiger partial charge is 0.364 e. The molecule has 5 nitrogen and oxygen atoms in total. The molecule has 2 aromatic rings. The molecule has 90 valence electrons. The van der Waals surface area contributed by atoms with Crippen LogP contribution >= 0.6 is 11.3 Å². The average Bonchev–Trinajstić information content (AvgIpc) is 2.85. The molecule has 2 aromatic heterocycles. The summed E-state index contributed by atoms with van der Waals surface area (Å²) < 4.78 is 38.3. The number of thiazole rings is 1. The lowest BCUT2D eigenvalue weighted by molar-refractivity contribution is -0.142. The van der Waals surface area contributed by atoms with E-state index in [9.17, 15) is 18.0 Å². The van der Waals surface area contributed by atoms with E-state index in [4.69, 9.17) is 5.73 Å². The number of halogens is 3. The highest BCUT2D eigenvalue weighted by Crippen LogP contribution is 2.31. The van der Waals surface area contributed by atoms with Crippen LogP contribution in [0.2, 0.25) is 0 Å². The summed E-state index contributed by atoms with van der Waals surface area (Å²) in [7, 11) is 0. The molecule has 0 bridgehead atoms. The molecule has 0 saturated heterocycles. The highest BCUT2D eigenvalue weighted by Gasteiger charge is 2.35. The number of hydrogen-bond acceptors (Lipinski definition) is 4. The number of aromatic nitrogens is 3. The standard InChI is InChI=1S/C8H5F3N4OS/c9-8(10,11)5-1-2-13-15(5)7-14-4(3-17-7)6(12)16/h1-3H,(H2,12,16). The minimum absolute atomic E-state index is 0.0591. The Morgan fingerprint density at radius 3 is 2.71 bits per heavy atom. The SMILES string of the molecule is NC(=O)c1csc(-n2nccc2C(F)(F)F)n1. The molecule has 17 heavy (non-hydrogen) atoms. The van der Waals surface area contributed by atoms with Crippen molar-refractivity contribution in [1.29, 1.82) is 0 Å². The van der Waals surface area contributed by atoms with Crippen LogP contribution in [0.25, 0.3) is 5.13 Å². The van der Waals surface area contributed by atoms with Crippen LogP contribution < -0.4 is 5.73 Å². The van der Waals surface area contributed by atoms with Crippen LogP contribution in [0.4, 0.5) is 13.2 Å². The monoisotopic (exact) mass is 262 g/mol.